The predicted octanol–water partition coefficient (Wildman–Crippen LogP) is 2.88. The fourth-order valence-electron chi connectivity index (χ4n) is 1.99. The van der Waals surface area contributed by atoms with Gasteiger partial charge < -0.3 is 15.3 Å². The Morgan fingerprint density at radius 2 is 1.53 bits per heavy atom. The Hall–Kier alpha value is -0.870. The first-order valence-corrected chi connectivity index (χ1v) is 7.35. The van der Waals surface area contributed by atoms with Crippen molar-refractivity contribution < 1.29 is 20.1 Å². The van der Waals surface area contributed by atoms with Gasteiger partial charge in [0.05, 0.1) is 6.10 Å². The monoisotopic (exact) mass is 272 g/mol. The molecular weight excluding hydrogens is 244 g/mol. The summed E-state index contributed by atoms with van der Waals surface area (Å²) in [5.74, 6) is -0.902. The Bertz CT molecular complexity index is 238. The molecule has 4 nitrogen and oxygen atoms in total. The molecule has 0 bridgehead atoms. The third-order valence-electron chi connectivity index (χ3n) is 3.11. The summed E-state index contributed by atoms with van der Waals surface area (Å²) in [6, 6.07) is 0. The van der Waals surface area contributed by atoms with Crippen molar-refractivity contribution in [3.63, 3.8) is 0 Å². The maximum Gasteiger partial charge on any atom is 0.327 e. The van der Waals surface area contributed by atoms with E-state index in [1.807, 2.05) is 0 Å². The molecule has 1 unspecified atom stereocenters. The molecule has 0 aromatic carbocycles. The molecule has 1 atom stereocenters. The quantitative estimate of drug-likeness (QED) is 0.356. The average Bonchev–Trinajstić information content (AvgIpc) is 2.37. The molecule has 0 aromatic heterocycles. The third kappa shape index (κ3) is 15.1. The van der Waals surface area contributed by atoms with Crippen molar-refractivity contribution in [1.82, 2.24) is 0 Å². The van der Waals surface area contributed by atoms with E-state index in [4.69, 9.17) is 10.2 Å². The molecule has 0 aromatic rings. The lowest BCUT2D eigenvalue weighted by atomic mass is 10.0. The lowest BCUT2D eigenvalue weighted by Gasteiger charge is -2.09. The first-order chi connectivity index (χ1) is 9.16. The number of aliphatic hydroxyl groups excluding tert-OH is 2. The lowest BCUT2D eigenvalue weighted by Crippen LogP contribution is -2.05. The summed E-state index contributed by atoms with van der Waals surface area (Å²) in [6.07, 6.45) is 12.2. The Balaban J connectivity index is 3.25. The Morgan fingerprint density at radius 1 is 0.947 bits per heavy atom. The summed E-state index contributed by atoms with van der Waals surface area (Å²) in [4.78, 5) is 10.2. The molecule has 112 valence electrons. The molecule has 0 spiro atoms. The van der Waals surface area contributed by atoms with Crippen LogP contribution in [0.5, 0.6) is 0 Å². The standard InChI is InChI=1S/C15H28O4/c16-13-9-5-1-2-6-10-14(17)11-7-3-4-8-12-15(18)19/h8,12,14,16-17H,1-7,9-11,13H2,(H,18,19). The second-order valence-electron chi connectivity index (χ2n) is 4.96. The smallest absolute Gasteiger partial charge is 0.327 e. The van der Waals surface area contributed by atoms with Crippen LogP contribution in [0.25, 0.3) is 0 Å². The average molecular weight is 272 g/mol. The fraction of sp³-hybridized carbons (Fsp3) is 0.800. The van der Waals surface area contributed by atoms with Crippen LogP contribution >= 0.6 is 0 Å². The van der Waals surface area contributed by atoms with Crippen LogP contribution in [0.15, 0.2) is 12.2 Å². The van der Waals surface area contributed by atoms with E-state index < -0.39 is 5.97 Å². The molecule has 0 saturated carbocycles. The van der Waals surface area contributed by atoms with E-state index in [-0.39, 0.29) is 12.7 Å². The van der Waals surface area contributed by atoms with Gasteiger partial charge in [-0.1, -0.05) is 38.2 Å². The van der Waals surface area contributed by atoms with Crippen molar-refractivity contribution in [3.8, 4) is 0 Å². The second kappa shape index (κ2) is 13.6. The molecule has 0 amide bonds. The van der Waals surface area contributed by atoms with Crippen LogP contribution < -0.4 is 0 Å². The Labute approximate surface area is 116 Å². The van der Waals surface area contributed by atoms with E-state index in [2.05, 4.69) is 0 Å². The van der Waals surface area contributed by atoms with Crippen molar-refractivity contribution in [2.45, 2.75) is 70.3 Å². The van der Waals surface area contributed by atoms with E-state index in [1.165, 1.54) is 6.08 Å². The summed E-state index contributed by atoms with van der Waals surface area (Å²) in [7, 11) is 0. The number of carbonyl (C=O) groups is 1. The molecular formula is C15H28O4. The highest BCUT2D eigenvalue weighted by Gasteiger charge is 2.03. The summed E-state index contributed by atoms with van der Waals surface area (Å²) in [5, 5.41) is 26.8. The molecule has 0 aliphatic rings. The van der Waals surface area contributed by atoms with Crippen LogP contribution in [0.4, 0.5) is 0 Å². The highest BCUT2D eigenvalue weighted by molar-refractivity contribution is 5.79. The first-order valence-electron chi connectivity index (χ1n) is 7.35. The highest BCUT2D eigenvalue weighted by atomic mass is 16.4. The van der Waals surface area contributed by atoms with E-state index in [0.29, 0.717) is 0 Å². The minimum atomic E-state index is -0.902. The SMILES string of the molecule is O=C(O)C=CCCCCC(O)CCCCCCCO. The number of carboxylic acids is 1. The first kappa shape index (κ1) is 18.1. The number of hydrogen-bond donors (Lipinski definition) is 3. The maximum atomic E-state index is 10.2. The molecule has 0 aliphatic heterocycles. The highest BCUT2D eigenvalue weighted by Crippen LogP contribution is 2.12. The molecule has 0 heterocycles. The van der Waals surface area contributed by atoms with Gasteiger partial charge in [0.15, 0.2) is 0 Å². The van der Waals surface area contributed by atoms with E-state index in [0.717, 1.165) is 64.2 Å². The van der Waals surface area contributed by atoms with Crippen molar-refractivity contribution in [2.75, 3.05) is 6.61 Å². The number of allylic oxidation sites excluding steroid dienone is 1. The summed E-state index contributed by atoms with van der Waals surface area (Å²) in [5.41, 5.74) is 0. The summed E-state index contributed by atoms with van der Waals surface area (Å²) >= 11 is 0. The topological polar surface area (TPSA) is 77.8 Å². The van der Waals surface area contributed by atoms with Crippen LogP contribution in [0.1, 0.15) is 64.2 Å². The maximum absolute atomic E-state index is 10.2. The predicted molar refractivity (Wildman–Crippen MR) is 76.0 cm³/mol. The summed E-state index contributed by atoms with van der Waals surface area (Å²) < 4.78 is 0. The third-order valence-corrected chi connectivity index (χ3v) is 3.11. The molecule has 0 aliphatic carbocycles. The van der Waals surface area contributed by atoms with E-state index in [9.17, 15) is 9.90 Å². The minimum Gasteiger partial charge on any atom is -0.478 e. The van der Waals surface area contributed by atoms with E-state index in [1.54, 1.807) is 6.08 Å². The van der Waals surface area contributed by atoms with Crippen molar-refractivity contribution >= 4 is 5.97 Å². The van der Waals surface area contributed by atoms with Gasteiger partial charge in [0.2, 0.25) is 0 Å². The number of unbranched alkanes of at least 4 members (excludes halogenated alkanes) is 6. The molecule has 3 N–H and O–H groups in total. The molecule has 4 heteroatoms. The number of aliphatic carboxylic acids is 1. The van der Waals surface area contributed by atoms with Crippen LogP contribution in [0.2, 0.25) is 0 Å². The van der Waals surface area contributed by atoms with Gasteiger partial charge in [-0.3, -0.25) is 0 Å². The van der Waals surface area contributed by atoms with Crippen LogP contribution in [-0.2, 0) is 4.79 Å². The van der Waals surface area contributed by atoms with Crippen molar-refractivity contribution in [3.05, 3.63) is 12.2 Å². The van der Waals surface area contributed by atoms with Crippen LogP contribution in [0.3, 0.4) is 0 Å². The molecule has 0 fully saturated rings. The Kier molecular flexibility index (Phi) is 12.9. The van der Waals surface area contributed by atoms with Gasteiger partial charge in [0, 0.05) is 12.7 Å². The summed E-state index contributed by atoms with van der Waals surface area (Å²) in [6.45, 7) is 0.277. The van der Waals surface area contributed by atoms with Gasteiger partial charge in [0.25, 0.3) is 0 Å². The van der Waals surface area contributed by atoms with Crippen LogP contribution in [-0.4, -0.2) is 34.0 Å². The van der Waals surface area contributed by atoms with Gasteiger partial charge >= 0.3 is 5.97 Å². The second-order valence-corrected chi connectivity index (χ2v) is 4.96. The van der Waals surface area contributed by atoms with Crippen molar-refractivity contribution in [1.29, 1.82) is 0 Å². The zero-order chi connectivity index (χ0) is 14.3. The van der Waals surface area contributed by atoms with Crippen molar-refractivity contribution in [2.24, 2.45) is 0 Å². The van der Waals surface area contributed by atoms with Gasteiger partial charge in [-0.2, -0.15) is 0 Å². The van der Waals surface area contributed by atoms with Crippen LogP contribution in [0, 0.1) is 0 Å². The number of hydrogen-bond acceptors (Lipinski definition) is 3. The number of aliphatic hydroxyl groups is 2. The molecule has 0 rings (SSSR count). The zero-order valence-corrected chi connectivity index (χ0v) is 11.8. The van der Waals surface area contributed by atoms with Gasteiger partial charge in [0.1, 0.15) is 0 Å². The molecule has 0 radical (unpaired) electrons. The Morgan fingerprint density at radius 3 is 2.16 bits per heavy atom. The minimum absolute atomic E-state index is 0.221. The largest absolute Gasteiger partial charge is 0.478 e. The number of rotatable bonds is 13. The van der Waals surface area contributed by atoms with Gasteiger partial charge in [-0.15, -0.1) is 0 Å². The molecule has 19 heavy (non-hydrogen) atoms. The fourth-order valence-corrected chi connectivity index (χ4v) is 1.99. The lowest BCUT2D eigenvalue weighted by molar-refractivity contribution is -0.131. The number of carboxylic acid groups (broad SMARTS) is 1. The van der Waals surface area contributed by atoms with Gasteiger partial charge in [-0.05, 0) is 32.1 Å². The van der Waals surface area contributed by atoms with E-state index >= 15 is 0 Å². The zero-order valence-electron chi connectivity index (χ0n) is 11.8. The van der Waals surface area contributed by atoms with Gasteiger partial charge in [-0.25, -0.2) is 4.79 Å². The molecule has 0 saturated heterocycles. The normalized spacial score (nSPS) is 12.9.